The SMILES string of the molecule is CCNc1ncc(CC)o1. The highest BCUT2D eigenvalue weighted by atomic mass is 16.4. The number of oxazole rings is 1. The molecule has 0 radical (unpaired) electrons. The number of anilines is 1. The van der Waals surface area contributed by atoms with Gasteiger partial charge in [-0.1, -0.05) is 6.92 Å². The van der Waals surface area contributed by atoms with Gasteiger partial charge in [-0.15, -0.1) is 0 Å². The van der Waals surface area contributed by atoms with Crippen molar-refractivity contribution in [1.82, 2.24) is 4.98 Å². The summed E-state index contributed by atoms with van der Waals surface area (Å²) in [6.07, 6.45) is 2.65. The van der Waals surface area contributed by atoms with Crippen molar-refractivity contribution in [1.29, 1.82) is 0 Å². The molecule has 1 heterocycles. The number of hydrogen-bond acceptors (Lipinski definition) is 3. The summed E-state index contributed by atoms with van der Waals surface area (Å²) in [6, 6.07) is 0.624. The molecule has 1 aromatic heterocycles. The maximum absolute atomic E-state index is 5.25. The molecule has 0 fully saturated rings. The maximum Gasteiger partial charge on any atom is 0.294 e. The predicted octanol–water partition coefficient (Wildman–Crippen LogP) is 1.67. The van der Waals surface area contributed by atoms with Crippen LogP contribution in [0.4, 0.5) is 6.01 Å². The van der Waals surface area contributed by atoms with Gasteiger partial charge in [0.15, 0.2) is 0 Å². The molecule has 1 aromatic rings. The van der Waals surface area contributed by atoms with Gasteiger partial charge in [0.25, 0.3) is 6.01 Å². The van der Waals surface area contributed by atoms with Gasteiger partial charge >= 0.3 is 0 Å². The van der Waals surface area contributed by atoms with E-state index in [2.05, 4.69) is 10.3 Å². The Kier molecular flexibility index (Phi) is 2.31. The first kappa shape index (κ1) is 7.12. The van der Waals surface area contributed by atoms with Gasteiger partial charge in [-0.2, -0.15) is 0 Å². The fourth-order valence-corrected chi connectivity index (χ4v) is 0.704. The molecule has 0 bridgehead atoms. The molecular formula is C7H12N2O. The maximum atomic E-state index is 5.25. The number of aromatic nitrogens is 1. The molecule has 0 atom stereocenters. The lowest BCUT2D eigenvalue weighted by molar-refractivity contribution is 0.523. The van der Waals surface area contributed by atoms with E-state index in [0.717, 1.165) is 18.7 Å². The first-order chi connectivity index (χ1) is 4.86. The van der Waals surface area contributed by atoms with E-state index >= 15 is 0 Å². The Balaban J connectivity index is 2.59. The fraction of sp³-hybridized carbons (Fsp3) is 0.571. The average Bonchev–Trinajstić information content (AvgIpc) is 2.37. The third-order valence-electron chi connectivity index (χ3n) is 1.23. The Bertz CT molecular complexity index is 195. The minimum absolute atomic E-state index is 0.624. The molecule has 1 rings (SSSR count). The van der Waals surface area contributed by atoms with Crippen LogP contribution in [0.3, 0.4) is 0 Å². The highest BCUT2D eigenvalue weighted by molar-refractivity contribution is 5.19. The topological polar surface area (TPSA) is 38.1 Å². The van der Waals surface area contributed by atoms with Crippen molar-refractivity contribution >= 4 is 6.01 Å². The van der Waals surface area contributed by atoms with E-state index in [1.54, 1.807) is 6.20 Å². The molecule has 10 heavy (non-hydrogen) atoms. The highest BCUT2D eigenvalue weighted by Gasteiger charge is 1.97. The van der Waals surface area contributed by atoms with Gasteiger partial charge in [-0.05, 0) is 6.92 Å². The molecule has 0 amide bonds. The van der Waals surface area contributed by atoms with E-state index < -0.39 is 0 Å². The zero-order chi connectivity index (χ0) is 7.40. The second-order valence-corrected chi connectivity index (χ2v) is 2.02. The summed E-state index contributed by atoms with van der Waals surface area (Å²) in [4.78, 5) is 4.00. The summed E-state index contributed by atoms with van der Waals surface area (Å²) in [6.45, 7) is 4.90. The Morgan fingerprint density at radius 2 is 2.40 bits per heavy atom. The van der Waals surface area contributed by atoms with E-state index in [-0.39, 0.29) is 0 Å². The molecule has 0 spiro atoms. The Morgan fingerprint density at radius 1 is 1.60 bits per heavy atom. The van der Waals surface area contributed by atoms with Crippen LogP contribution in [0.5, 0.6) is 0 Å². The number of aryl methyl sites for hydroxylation is 1. The van der Waals surface area contributed by atoms with Crippen LogP contribution >= 0.6 is 0 Å². The van der Waals surface area contributed by atoms with Gasteiger partial charge in [0, 0.05) is 13.0 Å². The van der Waals surface area contributed by atoms with Crippen LogP contribution in [-0.4, -0.2) is 11.5 Å². The number of rotatable bonds is 3. The van der Waals surface area contributed by atoms with Crippen molar-refractivity contribution in [2.75, 3.05) is 11.9 Å². The molecule has 0 saturated carbocycles. The van der Waals surface area contributed by atoms with Gasteiger partial charge in [0.1, 0.15) is 5.76 Å². The summed E-state index contributed by atoms with van der Waals surface area (Å²) in [5.74, 6) is 0.927. The number of nitrogens with zero attached hydrogens (tertiary/aromatic N) is 1. The lowest BCUT2D eigenvalue weighted by Crippen LogP contribution is -1.95. The monoisotopic (exact) mass is 140 g/mol. The lowest BCUT2D eigenvalue weighted by atomic mass is 10.4. The minimum Gasteiger partial charge on any atom is -0.429 e. The van der Waals surface area contributed by atoms with Crippen LogP contribution in [0.25, 0.3) is 0 Å². The van der Waals surface area contributed by atoms with Gasteiger partial charge in [-0.3, -0.25) is 0 Å². The number of hydrogen-bond donors (Lipinski definition) is 1. The molecule has 56 valence electrons. The van der Waals surface area contributed by atoms with Crippen LogP contribution in [-0.2, 0) is 6.42 Å². The van der Waals surface area contributed by atoms with Crippen LogP contribution in [0.15, 0.2) is 10.6 Å². The summed E-state index contributed by atoms with van der Waals surface area (Å²) >= 11 is 0. The molecule has 0 aliphatic carbocycles. The molecular weight excluding hydrogens is 128 g/mol. The van der Waals surface area contributed by atoms with E-state index in [1.165, 1.54) is 0 Å². The lowest BCUT2D eigenvalue weighted by Gasteiger charge is -1.92. The summed E-state index contributed by atoms with van der Waals surface area (Å²) in [5, 5.41) is 2.98. The van der Waals surface area contributed by atoms with E-state index in [9.17, 15) is 0 Å². The molecule has 0 unspecified atom stereocenters. The Hall–Kier alpha value is -0.990. The van der Waals surface area contributed by atoms with Crippen molar-refractivity contribution in [3.63, 3.8) is 0 Å². The molecule has 3 heteroatoms. The van der Waals surface area contributed by atoms with E-state index in [4.69, 9.17) is 4.42 Å². The second kappa shape index (κ2) is 3.25. The second-order valence-electron chi connectivity index (χ2n) is 2.02. The normalized spacial score (nSPS) is 9.80. The molecule has 0 aliphatic rings. The van der Waals surface area contributed by atoms with Crippen LogP contribution in [0, 0.1) is 0 Å². The van der Waals surface area contributed by atoms with E-state index in [0.29, 0.717) is 6.01 Å². The standard InChI is InChI=1S/C7H12N2O/c1-3-6-5-9-7(10-6)8-4-2/h5H,3-4H2,1-2H3,(H,8,9). The zero-order valence-corrected chi connectivity index (χ0v) is 6.35. The highest BCUT2D eigenvalue weighted by Crippen LogP contribution is 2.07. The molecule has 0 aromatic carbocycles. The van der Waals surface area contributed by atoms with Crippen molar-refractivity contribution in [2.45, 2.75) is 20.3 Å². The molecule has 0 aliphatic heterocycles. The van der Waals surface area contributed by atoms with Gasteiger partial charge in [-0.25, -0.2) is 4.98 Å². The number of nitrogens with one attached hydrogen (secondary N) is 1. The summed E-state index contributed by atoms with van der Waals surface area (Å²) in [5.41, 5.74) is 0. The third-order valence-corrected chi connectivity index (χ3v) is 1.23. The largest absolute Gasteiger partial charge is 0.429 e. The van der Waals surface area contributed by atoms with E-state index in [1.807, 2.05) is 13.8 Å². The third kappa shape index (κ3) is 1.50. The summed E-state index contributed by atoms with van der Waals surface area (Å²) in [7, 11) is 0. The Labute approximate surface area is 60.5 Å². The van der Waals surface area contributed by atoms with Gasteiger partial charge in [0.2, 0.25) is 0 Å². The zero-order valence-electron chi connectivity index (χ0n) is 6.35. The molecule has 0 saturated heterocycles. The smallest absolute Gasteiger partial charge is 0.294 e. The quantitative estimate of drug-likeness (QED) is 0.694. The summed E-state index contributed by atoms with van der Waals surface area (Å²) < 4.78 is 5.25. The Morgan fingerprint density at radius 3 is 2.90 bits per heavy atom. The van der Waals surface area contributed by atoms with Crippen molar-refractivity contribution < 1.29 is 4.42 Å². The van der Waals surface area contributed by atoms with Gasteiger partial charge < -0.3 is 9.73 Å². The van der Waals surface area contributed by atoms with Gasteiger partial charge in [0.05, 0.1) is 6.20 Å². The first-order valence-electron chi connectivity index (χ1n) is 3.55. The van der Waals surface area contributed by atoms with Crippen LogP contribution in [0.1, 0.15) is 19.6 Å². The van der Waals surface area contributed by atoms with Crippen molar-refractivity contribution in [2.24, 2.45) is 0 Å². The molecule has 1 N–H and O–H groups in total. The van der Waals surface area contributed by atoms with Crippen molar-refractivity contribution in [3.05, 3.63) is 12.0 Å². The van der Waals surface area contributed by atoms with Crippen LogP contribution in [0.2, 0.25) is 0 Å². The predicted molar refractivity (Wildman–Crippen MR) is 40.0 cm³/mol. The fourth-order valence-electron chi connectivity index (χ4n) is 0.704. The molecule has 3 nitrogen and oxygen atoms in total. The minimum atomic E-state index is 0.624. The first-order valence-corrected chi connectivity index (χ1v) is 3.55. The van der Waals surface area contributed by atoms with Crippen molar-refractivity contribution in [3.8, 4) is 0 Å². The van der Waals surface area contributed by atoms with Crippen LogP contribution < -0.4 is 5.32 Å². The average molecular weight is 140 g/mol.